The number of aryl methyl sites for hydroxylation is 2. The van der Waals surface area contributed by atoms with Crippen LogP contribution in [0, 0.1) is 13.8 Å². The van der Waals surface area contributed by atoms with Crippen molar-refractivity contribution in [3.05, 3.63) is 59.2 Å². The molecular formula is C21H27NO4. The molecule has 0 spiro atoms. The topological polar surface area (TPSA) is 73.2 Å². The van der Waals surface area contributed by atoms with E-state index in [-0.39, 0.29) is 12.4 Å². The van der Waals surface area contributed by atoms with Gasteiger partial charge < -0.3 is 20.1 Å². The van der Waals surface area contributed by atoms with Gasteiger partial charge in [0.25, 0.3) is 0 Å². The Bertz CT molecular complexity index is 726. The predicted molar refractivity (Wildman–Crippen MR) is 100 cm³/mol. The van der Waals surface area contributed by atoms with E-state index in [2.05, 4.69) is 11.0 Å². The summed E-state index contributed by atoms with van der Waals surface area (Å²) >= 11 is 0. The van der Waals surface area contributed by atoms with E-state index in [0.29, 0.717) is 31.8 Å². The van der Waals surface area contributed by atoms with Gasteiger partial charge in [-0.15, -0.1) is 0 Å². The number of aliphatic hydroxyl groups excluding tert-OH is 1. The molecule has 0 saturated carbocycles. The van der Waals surface area contributed by atoms with Crippen LogP contribution in [0.4, 0.5) is 0 Å². The van der Waals surface area contributed by atoms with Gasteiger partial charge in [0.1, 0.15) is 23.7 Å². The summed E-state index contributed by atoms with van der Waals surface area (Å²) < 4.78 is 5.83. The molecular weight excluding hydrogens is 330 g/mol. The lowest BCUT2D eigenvalue weighted by Crippen LogP contribution is -2.59. The van der Waals surface area contributed by atoms with Crippen molar-refractivity contribution in [1.82, 2.24) is 4.90 Å². The zero-order valence-corrected chi connectivity index (χ0v) is 15.4. The molecule has 5 nitrogen and oxygen atoms in total. The number of phenolic OH excluding ortho intramolecular Hbond substituents is 1. The molecule has 0 radical (unpaired) electrons. The van der Waals surface area contributed by atoms with E-state index >= 15 is 0 Å². The summed E-state index contributed by atoms with van der Waals surface area (Å²) in [7, 11) is 0. The summed E-state index contributed by atoms with van der Waals surface area (Å²) in [5.74, 6) is 0.944. The van der Waals surface area contributed by atoms with Crippen LogP contribution >= 0.6 is 0 Å². The number of β-amino-alcohol motifs (C(OH)–C–C–N with tert-alkyl or cyclic N) is 1. The smallest absolute Gasteiger partial charge is 0.137 e. The van der Waals surface area contributed by atoms with Gasteiger partial charge in [-0.25, -0.2) is 0 Å². The van der Waals surface area contributed by atoms with Gasteiger partial charge in [0, 0.05) is 19.6 Å². The standard InChI is InChI=1S/C21H27NO4/c1-15-9-16(2)11-19(10-15)26-14-21(25)13-22(8-7-20(21)24)12-17-3-5-18(23)6-4-17/h3-6,9-11,20,23-25H,7-8,12-14H2,1-2H3/t20-,21-/m0/s1. The zero-order valence-electron chi connectivity index (χ0n) is 15.4. The first-order chi connectivity index (χ1) is 12.3. The van der Waals surface area contributed by atoms with Crippen molar-refractivity contribution in [1.29, 1.82) is 0 Å². The van der Waals surface area contributed by atoms with Gasteiger partial charge in [0.2, 0.25) is 0 Å². The number of likely N-dealkylation sites (tertiary alicyclic amines) is 1. The number of hydrogen-bond donors (Lipinski definition) is 3. The van der Waals surface area contributed by atoms with E-state index in [9.17, 15) is 15.3 Å². The fourth-order valence-corrected chi connectivity index (χ4v) is 3.51. The van der Waals surface area contributed by atoms with Crippen LogP contribution in [0.1, 0.15) is 23.1 Å². The molecule has 3 rings (SSSR count). The van der Waals surface area contributed by atoms with Crippen LogP contribution in [0.3, 0.4) is 0 Å². The summed E-state index contributed by atoms with van der Waals surface area (Å²) in [5.41, 5.74) is 1.94. The molecule has 1 saturated heterocycles. The highest BCUT2D eigenvalue weighted by Gasteiger charge is 2.42. The molecule has 0 bridgehead atoms. The average molecular weight is 357 g/mol. The Kier molecular flexibility index (Phi) is 5.51. The van der Waals surface area contributed by atoms with E-state index in [4.69, 9.17) is 4.74 Å². The molecule has 2 aromatic carbocycles. The summed E-state index contributed by atoms with van der Waals surface area (Å²) in [4.78, 5) is 2.10. The van der Waals surface area contributed by atoms with Crippen LogP contribution < -0.4 is 4.74 Å². The minimum Gasteiger partial charge on any atom is -0.508 e. The Morgan fingerprint density at radius 2 is 1.77 bits per heavy atom. The van der Waals surface area contributed by atoms with Crippen molar-refractivity contribution in [3.8, 4) is 11.5 Å². The summed E-state index contributed by atoms with van der Waals surface area (Å²) in [6, 6.07) is 13.0. The van der Waals surface area contributed by atoms with E-state index in [0.717, 1.165) is 16.7 Å². The number of nitrogens with zero attached hydrogens (tertiary/aromatic N) is 1. The van der Waals surface area contributed by atoms with Crippen LogP contribution in [-0.2, 0) is 6.54 Å². The number of aliphatic hydroxyl groups is 2. The van der Waals surface area contributed by atoms with Gasteiger partial charge in [-0.2, -0.15) is 0 Å². The fourth-order valence-electron chi connectivity index (χ4n) is 3.51. The van der Waals surface area contributed by atoms with Crippen molar-refractivity contribution in [2.24, 2.45) is 0 Å². The van der Waals surface area contributed by atoms with Gasteiger partial charge in [0.15, 0.2) is 0 Å². The summed E-state index contributed by atoms with van der Waals surface area (Å²) in [6.07, 6.45) is -0.324. The number of ether oxygens (including phenoxy) is 1. The third-order valence-corrected chi connectivity index (χ3v) is 4.86. The minimum atomic E-state index is -1.31. The first-order valence-corrected chi connectivity index (χ1v) is 8.96. The van der Waals surface area contributed by atoms with E-state index in [1.807, 2.05) is 38.1 Å². The normalized spacial score (nSPS) is 23.8. The lowest BCUT2D eigenvalue weighted by Gasteiger charge is -2.42. The quantitative estimate of drug-likeness (QED) is 0.766. The molecule has 26 heavy (non-hydrogen) atoms. The average Bonchev–Trinajstić information content (AvgIpc) is 2.58. The second kappa shape index (κ2) is 7.66. The Hall–Kier alpha value is -2.08. The van der Waals surface area contributed by atoms with Crippen LogP contribution in [0.15, 0.2) is 42.5 Å². The van der Waals surface area contributed by atoms with Crippen molar-refractivity contribution >= 4 is 0 Å². The fraction of sp³-hybridized carbons (Fsp3) is 0.429. The summed E-state index contributed by atoms with van der Waals surface area (Å²) in [6.45, 7) is 5.74. The number of piperidine rings is 1. The molecule has 2 aromatic rings. The van der Waals surface area contributed by atoms with Gasteiger partial charge in [0.05, 0.1) is 6.10 Å². The van der Waals surface area contributed by atoms with Gasteiger partial charge >= 0.3 is 0 Å². The predicted octanol–water partition coefficient (Wildman–Crippen LogP) is 2.39. The molecule has 3 N–H and O–H groups in total. The Balaban J connectivity index is 1.65. The van der Waals surface area contributed by atoms with Gasteiger partial charge in [-0.05, 0) is 61.2 Å². The largest absolute Gasteiger partial charge is 0.508 e. The van der Waals surface area contributed by atoms with Crippen LogP contribution in [-0.4, -0.2) is 51.6 Å². The van der Waals surface area contributed by atoms with E-state index < -0.39 is 11.7 Å². The maximum atomic E-state index is 11.0. The third-order valence-electron chi connectivity index (χ3n) is 4.86. The highest BCUT2D eigenvalue weighted by Crippen LogP contribution is 2.26. The first kappa shape index (κ1) is 18.7. The van der Waals surface area contributed by atoms with Crippen molar-refractivity contribution < 1.29 is 20.1 Å². The van der Waals surface area contributed by atoms with E-state index in [1.54, 1.807) is 12.1 Å². The highest BCUT2D eigenvalue weighted by molar-refractivity contribution is 5.33. The lowest BCUT2D eigenvalue weighted by molar-refractivity contribution is -0.140. The molecule has 1 fully saturated rings. The monoisotopic (exact) mass is 357 g/mol. The lowest BCUT2D eigenvalue weighted by atomic mass is 9.90. The molecule has 0 aromatic heterocycles. The van der Waals surface area contributed by atoms with Gasteiger partial charge in [-0.1, -0.05) is 18.2 Å². The van der Waals surface area contributed by atoms with Gasteiger partial charge in [-0.3, -0.25) is 4.90 Å². The third kappa shape index (κ3) is 4.55. The van der Waals surface area contributed by atoms with E-state index in [1.165, 1.54) is 0 Å². The number of aromatic hydroxyl groups is 1. The number of rotatable bonds is 5. The molecule has 5 heteroatoms. The number of phenols is 1. The van der Waals surface area contributed by atoms with Crippen LogP contribution in [0.25, 0.3) is 0 Å². The maximum Gasteiger partial charge on any atom is 0.137 e. The van der Waals surface area contributed by atoms with Crippen LogP contribution in [0.2, 0.25) is 0 Å². The van der Waals surface area contributed by atoms with Crippen molar-refractivity contribution in [3.63, 3.8) is 0 Å². The molecule has 0 aliphatic carbocycles. The van der Waals surface area contributed by atoms with Crippen molar-refractivity contribution in [2.75, 3.05) is 19.7 Å². The first-order valence-electron chi connectivity index (χ1n) is 8.96. The van der Waals surface area contributed by atoms with Crippen LogP contribution in [0.5, 0.6) is 11.5 Å². The highest BCUT2D eigenvalue weighted by atomic mass is 16.5. The number of benzene rings is 2. The summed E-state index contributed by atoms with van der Waals surface area (Å²) in [5, 5.41) is 30.7. The second-order valence-electron chi connectivity index (χ2n) is 7.40. The Morgan fingerprint density at radius 3 is 2.42 bits per heavy atom. The minimum absolute atomic E-state index is 0.0448. The molecule has 1 aliphatic rings. The Morgan fingerprint density at radius 1 is 1.12 bits per heavy atom. The van der Waals surface area contributed by atoms with Crippen molar-refractivity contribution in [2.45, 2.75) is 38.5 Å². The molecule has 0 unspecified atom stereocenters. The zero-order chi connectivity index (χ0) is 18.7. The second-order valence-corrected chi connectivity index (χ2v) is 7.40. The molecule has 0 amide bonds. The molecule has 1 aliphatic heterocycles. The molecule has 1 heterocycles. The maximum absolute atomic E-state index is 11.0. The Labute approximate surface area is 154 Å². The molecule has 140 valence electrons. The molecule has 2 atom stereocenters. The number of hydrogen-bond acceptors (Lipinski definition) is 5. The SMILES string of the molecule is Cc1cc(C)cc(OC[C@@]2(O)CN(Cc3ccc(O)cc3)CC[C@@H]2O)c1.